The molecule has 1 N–H and O–H groups in total. The normalized spacial score (nSPS) is 18.5. The van der Waals surface area contributed by atoms with E-state index in [2.05, 4.69) is 24.3 Å². The van der Waals surface area contributed by atoms with Crippen LogP contribution in [0, 0.1) is 0 Å². The second-order valence-corrected chi connectivity index (χ2v) is 5.75. The molecule has 0 saturated heterocycles. The molecule has 0 aromatic heterocycles. The van der Waals surface area contributed by atoms with Crippen LogP contribution >= 0.6 is 0 Å². The molecule has 0 spiro atoms. The van der Waals surface area contributed by atoms with Crippen molar-refractivity contribution in [3.63, 3.8) is 0 Å². The molecule has 1 aliphatic rings. The molecular weight excluding hydrogens is 265 g/mol. The van der Waals surface area contributed by atoms with Gasteiger partial charge in [0, 0.05) is 17.8 Å². The van der Waals surface area contributed by atoms with Gasteiger partial charge in [-0.1, -0.05) is 12.8 Å². The van der Waals surface area contributed by atoms with Crippen LogP contribution in [0.2, 0.25) is 0 Å². The fourth-order valence-electron chi connectivity index (χ4n) is 2.86. The van der Waals surface area contributed by atoms with E-state index in [0.29, 0.717) is 0 Å². The second-order valence-electron chi connectivity index (χ2n) is 5.75. The molecule has 2 rings (SSSR count). The first-order valence-corrected chi connectivity index (χ1v) is 6.92. The zero-order valence-corrected chi connectivity index (χ0v) is 11.9. The number of nitrogens with one attached hydrogen (secondary N) is 1. The molecule has 1 aromatic rings. The Morgan fingerprint density at radius 2 is 1.65 bits per heavy atom. The minimum Gasteiger partial charge on any atom is -0.383 e. The standard InChI is InChI=1S/C15H21F3N2/c1-20(2)14(9-3-4-10-14)11-19-13-7-5-12(6-8-13)15(16,17)18/h5-8,19H,3-4,9-11H2,1-2H3. The number of anilines is 1. The van der Waals surface area contributed by atoms with E-state index in [9.17, 15) is 13.2 Å². The molecule has 0 bridgehead atoms. The average Bonchev–Trinajstić information content (AvgIpc) is 2.86. The van der Waals surface area contributed by atoms with Gasteiger partial charge in [-0.25, -0.2) is 0 Å². The molecule has 1 aliphatic carbocycles. The maximum absolute atomic E-state index is 12.5. The second kappa shape index (κ2) is 5.64. The van der Waals surface area contributed by atoms with E-state index in [0.717, 1.165) is 37.2 Å². The lowest BCUT2D eigenvalue weighted by Gasteiger charge is -2.36. The molecule has 5 heteroatoms. The zero-order valence-electron chi connectivity index (χ0n) is 11.9. The van der Waals surface area contributed by atoms with Crippen LogP contribution in [0.4, 0.5) is 18.9 Å². The summed E-state index contributed by atoms with van der Waals surface area (Å²) in [6, 6.07) is 5.25. The highest BCUT2D eigenvalue weighted by Gasteiger charge is 2.35. The highest BCUT2D eigenvalue weighted by Crippen LogP contribution is 2.34. The molecule has 1 saturated carbocycles. The van der Waals surface area contributed by atoms with Crippen LogP contribution in [0.15, 0.2) is 24.3 Å². The van der Waals surface area contributed by atoms with Gasteiger partial charge in [-0.05, 0) is 51.2 Å². The summed E-state index contributed by atoms with van der Waals surface area (Å²) in [7, 11) is 4.14. The van der Waals surface area contributed by atoms with Crippen molar-refractivity contribution in [1.82, 2.24) is 4.90 Å². The van der Waals surface area contributed by atoms with E-state index in [-0.39, 0.29) is 5.54 Å². The molecule has 0 aliphatic heterocycles. The SMILES string of the molecule is CN(C)C1(CNc2ccc(C(F)(F)F)cc2)CCCC1. The molecule has 0 heterocycles. The smallest absolute Gasteiger partial charge is 0.383 e. The summed E-state index contributed by atoms with van der Waals surface area (Å²) in [6.07, 6.45) is 0.426. The van der Waals surface area contributed by atoms with E-state index in [1.165, 1.54) is 25.0 Å². The largest absolute Gasteiger partial charge is 0.416 e. The topological polar surface area (TPSA) is 15.3 Å². The minimum atomic E-state index is -4.27. The molecule has 1 fully saturated rings. The van der Waals surface area contributed by atoms with Gasteiger partial charge in [0.15, 0.2) is 0 Å². The fraction of sp³-hybridized carbons (Fsp3) is 0.600. The Morgan fingerprint density at radius 3 is 2.10 bits per heavy atom. The Bertz CT molecular complexity index is 431. The monoisotopic (exact) mass is 286 g/mol. The van der Waals surface area contributed by atoms with Gasteiger partial charge in [0.2, 0.25) is 0 Å². The van der Waals surface area contributed by atoms with E-state index >= 15 is 0 Å². The molecule has 0 atom stereocenters. The van der Waals surface area contributed by atoms with Gasteiger partial charge in [-0.15, -0.1) is 0 Å². The van der Waals surface area contributed by atoms with Crippen LogP contribution in [-0.4, -0.2) is 31.1 Å². The number of hydrogen-bond donors (Lipinski definition) is 1. The van der Waals surface area contributed by atoms with Crippen molar-refractivity contribution >= 4 is 5.69 Å². The Morgan fingerprint density at radius 1 is 1.10 bits per heavy atom. The summed E-state index contributed by atoms with van der Waals surface area (Å²) in [5.74, 6) is 0. The van der Waals surface area contributed by atoms with Crippen molar-refractivity contribution in [2.45, 2.75) is 37.4 Å². The first-order valence-electron chi connectivity index (χ1n) is 6.92. The quantitative estimate of drug-likeness (QED) is 0.900. The van der Waals surface area contributed by atoms with Gasteiger partial charge in [0.25, 0.3) is 0 Å². The Hall–Kier alpha value is -1.23. The summed E-state index contributed by atoms with van der Waals surface area (Å²) in [6.45, 7) is 0.769. The predicted octanol–water partition coefficient (Wildman–Crippen LogP) is 3.99. The van der Waals surface area contributed by atoms with Crippen LogP contribution in [0.5, 0.6) is 0 Å². The zero-order chi connectivity index (χ0) is 14.8. The maximum Gasteiger partial charge on any atom is 0.416 e. The van der Waals surface area contributed by atoms with Crippen molar-refractivity contribution in [3.8, 4) is 0 Å². The molecule has 0 radical (unpaired) electrons. The first-order chi connectivity index (χ1) is 9.33. The fourth-order valence-corrected chi connectivity index (χ4v) is 2.86. The lowest BCUT2D eigenvalue weighted by molar-refractivity contribution is -0.137. The van der Waals surface area contributed by atoms with Crippen LogP contribution in [0.3, 0.4) is 0 Å². The van der Waals surface area contributed by atoms with Gasteiger partial charge < -0.3 is 10.2 Å². The van der Waals surface area contributed by atoms with Gasteiger partial charge in [0.05, 0.1) is 5.56 Å². The average molecular weight is 286 g/mol. The lowest BCUT2D eigenvalue weighted by Crippen LogP contribution is -2.47. The lowest BCUT2D eigenvalue weighted by atomic mass is 9.96. The number of alkyl halides is 3. The first kappa shape index (κ1) is 15.2. The molecule has 2 nitrogen and oxygen atoms in total. The van der Waals surface area contributed by atoms with Crippen molar-refractivity contribution in [2.75, 3.05) is 26.0 Å². The summed E-state index contributed by atoms with van der Waals surface area (Å²) in [5.41, 5.74) is 0.264. The maximum atomic E-state index is 12.5. The molecular formula is C15H21F3N2. The number of benzene rings is 1. The van der Waals surface area contributed by atoms with E-state index in [4.69, 9.17) is 0 Å². The summed E-state index contributed by atoms with van der Waals surface area (Å²) in [5, 5.41) is 3.28. The third-order valence-corrected chi connectivity index (χ3v) is 4.32. The van der Waals surface area contributed by atoms with Gasteiger partial charge in [-0.2, -0.15) is 13.2 Å². The van der Waals surface area contributed by atoms with Gasteiger partial charge >= 0.3 is 6.18 Å². The number of likely N-dealkylation sites (N-methyl/N-ethyl adjacent to an activating group) is 1. The molecule has 20 heavy (non-hydrogen) atoms. The number of hydrogen-bond acceptors (Lipinski definition) is 2. The Labute approximate surface area is 118 Å². The van der Waals surface area contributed by atoms with Gasteiger partial charge in [-0.3, -0.25) is 0 Å². The highest BCUT2D eigenvalue weighted by molar-refractivity contribution is 5.45. The van der Waals surface area contributed by atoms with E-state index in [1.807, 2.05) is 0 Å². The summed E-state index contributed by atoms with van der Waals surface area (Å²) in [4.78, 5) is 2.23. The Kier molecular flexibility index (Phi) is 4.28. The molecule has 1 aromatic carbocycles. The molecule has 112 valence electrons. The van der Waals surface area contributed by atoms with Crippen molar-refractivity contribution in [1.29, 1.82) is 0 Å². The van der Waals surface area contributed by atoms with Crippen molar-refractivity contribution < 1.29 is 13.2 Å². The molecule has 0 unspecified atom stereocenters. The van der Waals surface area contributed by atoms with E-state index < -0.39 is 11.7 Å². The third kappa shape index (κ3) is 3.26. The minimum absolute atomic E-state index is 0.128. The van der Waals surface area contributed by atoms with Crippen LogP contribution in [0.1, 0.15) is 31.2 Å². The van der Waals surface area contributed by atoms with Crippen molar-refractivity contribution in [3.05, 3.63) is 29.8 Å². The summed E-state index contributed by atoms with van der Waals surface area (Å²) < 4.78 is 37.5. The number of rotatable bonds is 4. The van der Waals surface area contributed by atoms with E-state index in [1.54, 1.807) is 0 Å². The van der Waals surface area contributed by atoms with Crippen LogP contribution < -0.4 is 5.32 Å². The van der Waals surface area contributed by atoms with Crippen LogP contribution in [-0.2, 0) is 6.18 Å². The number of nitrogens with zero attached hydrogens (tertiary/aromatic N) is 1. The Balaban J connectivity index is 2.00. The van der Waals surface area contributed by atoms with Gasteiger partial charge in [0.1, 0.15) is 0 Å². The summed E-state index contributed by atoms with van der Waals surface area (Å²) >= 11 is 0. The third-order valence-electron chi connectivity index (χ3n) is 4.32. The highest BCUT2D eigenvalue weighted by atomic mass is 19.4. The van der Waals surface area contributed by atoms with Crippen molar-refractivity contribution in [2.24, 2.45) is 0 Å². The van der Waals surface area contributed by atoms with Crippen LogP contribution in [0.25, 0.3) is 0 Å². The number of halogens is 3. The predicted molar refractivity (Wildman–Crippen MR) is 74.8 cm³/mol. The molecule has 0 amide bonds.